The van der Waals surface area contributed by atoms with Crippen LogP contribution < -0.4 is 4.90 Å². The van der Waals surface area contributed by atoms with E-state index in [4.69, 9.17) is 4.42 Å². The fourth-order valence-electron chi connectivity index (χ4n) is 9.11. The lowest BCUT2D eigenvalue weighted by Gasteiger charge is -2.42. The fraction of sp³-hybridized carbons (Fsp3) is 0. The minimum atomic E-state index is -1.83. The van der Waals surface area contributed by atoms with Gasteiger partial charge in [0, 0.05) is 36.3 Å². The summed E-state index contributed by atoms with van der Waals surface area (Å²) in [4.78, 5) is 7.59. The van der Waals surface area contributed by atoms with Crippen molar-refractivity contribution in [1.82, 2.24) is 0 Å². The largest absolute Gasteiger partial charge is 0.456 e. The SMILES string of the molecule is c1ccc(-c2ccc(N(c3ccc(-c4cccc(S(c5ccccc5)(c5ccccc5)c5ccccc5)c4)cc3)c3cccc4oc5cccc(-c6ccccc6)c5c34)cc2)cc1. The maximum absolute atomic E-state index is 6.64. The second-order valence-electron chi connectivity index (χ2n) is 15.7. The molecule has 10 aromatic carbocycles. The molecule has 0 fully saturated rings. The highest BCUT2D eigenvalue weighted by atomic mass is 32.3. The molecule has 0 bridgehead atoms. The van der Waals surface area contributed by atoms with Gasteiger partial charge in [0.1, 0.15) is 11.2 Å². The van der Waals surface area contributed by atoms with Crippen LogP contribution in [0.4, 0.5) is 17.1 Å². The molecule has 0 amide bonds. The van der Waals surface area contributed by atoms with E-state index < -0.39 is 10.0 Å². The van der Waals surface area contributed by atoms with E-state index in [9.17, 15) is 0 Å². The molecule has 0 N–H and O–H groups in total. The molecule has 11 aromatic rings. The Morgan fingerprint density at radius 1 is 0.286 bits per heavy atom. The summed E-state index contributed by atoms with van der Waals surface area (Å²) in [7, 11) is -1.83. The number of anilines is 3. The Kier molecular flexibility index (Phi) is 10.0. The van der Waals surface area contributed by atoms with E-state index in [1.807, 2.05) is 0 Å². The molecule has 0 spiro atoms. The van der Waals surface area contributed by atoms with Gasteiger partial charge in [-0.05, 0) is 124 Å². The first-order valence-electron chi connectivity index (χ1n) is 21.4. The van der Waals surface area contributed by atoms with Gasteiger partial charge in [-0.25, -0.2) is 0 Å². The molecular formula is C60H43NOS. The molecule has 63 heavy (non-hydrogen) atoms. The summed E-state index contributed by atoms with van der Waals surface area (Å²) in [5.41, 5.74) is 11.9. The third-order valence-electron chi connectivity index (χ3n) is 12.0. The normalized spacial score (nSPS) is 11.7. The van der Waals surface area contributed by atoms with Crippen molar-refractivity contribution in [1.29, 1.82) is 0 Å². The van der Waals surface area contributed by atoms with Crippen molar-refractivity contribution in [2.75, 3.05) is 4.90 Å². The predicted octanol–water partition coefficient (Wildman–Crippen LogP) is 17.4. The Balaban J connectivity index is 1.07. The maximum atomic E-state index is 6.64. The van der Waals surface area contributed by atoms with Crippen molar-refractivity contribution < 1.29 is 4.42 Å². The Morgan fingerprint density at radius 3 is 1.22 bits per heavy atom. The molecule has 0 aliphatic heterocycles. The highest BCUT2D eigenvalue weighted by Gasteiger charge is 2.33. The Labute approximate surface area is 370 Å². The number of rotatable bonds is 10. The lowest BCUT2D eigenvalue weighted by molar-refractivity contribution is 0.669. The average Bonchev–Trinajstić information content (AvgIpc) is 3.76. The number of nitrogens with zero attached hydrogens (tertiary/aromatic N) is 1. The molecule has 11 rings (SSSR count). The van der Waals surface area contributed by atoms with Crippen molar-refractivity contribution in [3.8, 4) is 33.4 Å². The quantitative estimate of drug-likeness (QED) is 0.137. The first-order chi connectivity index (χ1) is 31.3. The molecule has 0 aliphatic carbocycles. The van der Waals surface area contributed by atoms with Gasteiger partial charge in [-0.15, -0.1) is 10.0 Å². The number of hydrogen-bond donors (Lipinski definition) is 0. The van der Waals surface area contributed by atoms with E-state index >= 15 is 0 Å². The summed E-state index contributed by atoms with van der Waals surface area (Å²) < 4.78 is 6.64. The topological polar surface area (TPSA) is 16.4 Å². The molecule has 3 heteroatoms. The van der Waals surface area contributed by atoms with Gasteiger partial charge in [0.25, 0.3) is 0 Å². The van der Waals surface area contributed by atoms with Crippen molar-refractivity contribution in [2.45, 2.75) is 19.6 Å². The second-order valence-corrected chi connectivity index (χ2v) is 18.8. The predicted molar refractivity (Wildman–Crippen MR) is 265 cm³/mol. The zero-order chi connectivity index (χ0) is 42.0. The lowest BCUT2D eigenvalue weighted by atomic mass is 9.98. The summed E-state index contributed by atoms with van der Waals surface area (Å²) in [6, 6.07) is 94.3. The molecular weight excluding hydrogens is 783 g/mol. The first kappa shape index (κ1) is 38.1. The average molecular weight is 826 g/mol. The molecule has 300 valence electrons. The van der Waals surface area contributed by atoms with Crippen molar-refractivity contribution >= 4 is 49.0 Å². The Hall–Kier alpha value is -7.85. The van der Waals surface area contributed by atoms with Gasteiger partial charge >= 0.3 is 0 Å². The van der Waals surface area contributed by atoms with E-state index in [0.717, 1.165) is 55.7 Å². The molecule has 1 aromatic heterocycles. The molecule has 0 saturated carbocycles. The number of hydrogen-bond acceptors (Lipinski definition) is 2. The summed E-state index contributed by atoms with van der Waals surface area (Å²) in [5.74, 6) is 0. The molecule has 1 heterocycles. The molecule has 0 saturated heterocycles. The van der Waals surface area contributed by atoms with Gasteiger partial charge in [-0.3, -0.25) is 0 Å². The van der Waals surface area contributed by atoms with Gasteiger partial charge < -0.3 is 9.32 Å². The first-order valence-corrected chi connectivity index (χ1v) is 23.0. The summed E-state index contributed by atoms with van der Waals surface area (Å²) >= 11 is 0. The molecule has 2 nitrogen and oxygen atoms in total. The summed E-state index contributed by atoms with van der Waals surface area (Å²) in [5, 5.41) is 2.19. The zero-order valence-electron chi connectivity index (χ0n) is 34.6. The summed E-state index contributed by atoms with van der Waals surface area (Å²) in [6.45, 7) is 0. The minimum Gasteiger partial charge on any atom is -0.456 e. The smallest absolute Gasteiger partial charge is 0.137 e. The molecule has 0 aliphatic rings. The number of fused-ring (bicyclic) bond motifs is 3. The van der Waals surface area contributed by atoms with Crippen LogP contribution in [0.25, 0.3) is 55.3 Å². The lowest BCUT2D eigenvalue weighted by Crippen LogP contribution is -2.10. The maximum Gasteiger partial charge on any atom is 0.137 e. The van der Waals surface area contributed by atoms with Crippen molar-refractivity contribution in [2.24, 2.45) is 0 Å². The minimum absolute atomic E-state index is 0.853. The highest BCUT2D eigenvalue weighted by Crippen LogP contribution is 2.73. The van der Waals surface area contributed by atoms with Crippen LogP contribution in [0.2, 0.25) is 0 Å². The van der Waals surface area contributed by atoms with Crippen LogP contribution >= 0.6 is 10.0 Å². The molecule has 0 unspecified atom stereocenters. The van der Waals surface area contributed by atoms with Crippen molar-refractivity contribution in [3.05, 3.63) is 261 Å². The van der Waals surface area contributed by atoms with Crippen LogP contribution in [0, 0.1) is 0 Å². The second kappa shape index (κ2) is 16.5. The van der Waals surface area contributed by atoms with E-state index in [1.54, 1.807) is 0 Å². The fourth-order valence-corrected chi connectivity index (χ4v) is 13.0. The Bertz CT molecular complexity index is 3200. The zero-order valence-corrected chi connectivity index (χ0v) is 35.4. The Morgan fingerprint density at radius 2 is 0.683 bits per heavy atom. The van der Waals surface area contributed by atoms with Crippen LogP contribution in [0.3, 0.4) is 0 Å². The van der Waals surface area contributed by atoms with Gasteiger partial charge in [0.2, 0.25) is 0 Å². The van der Waals surface area contributed by atoms with Gasteiger partial charge in [-0.1, -0.05) is 170 Å². The van der Waals surface area contributed by atoms with Crippen LogP contribution in [0.5, 0.6) is 0 Å². The summed E-state index contributed by atoms with van der Waals surface area (Å²) in [6.07, 6.45) is 0. The van der Waals surface area contributed by atoms with E-state index in [1.165, 1.54) is 36.3 Å². The number of furan rings is 1. The van der Waals surface area contributed by atoms with Crippen LogP contribution in [0.15, 0.2) is 285 Å². The van der Waals surface area contributed by atoms with Gasteiger partial charge in [-0.2, -0.15) is 0 Å². The van der Waals surface area contributed by atoms with Gasteiger partial charge in [0.05, 0.1) is 11.1 Å². The molecule has 0 radical (unpaired) electrons. The van der Waals surface area contributed by atoms with Crippen LogP contribution in [0.1, 0.15) is 0 Å². The van der Waals surface area contributed by atoms with E-state index in [2.05, 4.69) is 266 Å². The van der Waals surface area contributed by atoms with Crippen LogP contribution in [-0.4, -0.2) is 0 Å². The number of benzene rings is 10. The van der Waals surface area contributed by atoms with E-state index in [0.29, 0.717) is 0 Å². The highest BCUT2D eigenvalue weighted by molar-refractivity contribution is 8.34. The standard InChI is InChI=1S/C60H43NOS/c1-6-19-44(20-7-1)45-35-39-49(40-36-45)61(56-32-18-34-58-60(56)59-55(31-17-33-57(59)62-58)47-21-8-2-9-22-47)50-41-37-46(38-42-50)48-23-16-30-54(43-48)63(51-24-10-3-11-25-51,52-26-12-4-13-27-52)53-28-14-5-15-29-53/h1-43H. The van der Waals surface area contributed by atoms with Crippen LogP contribution in [-0.2, 0) is 0 Å². The third kappa shape index (κ3) is 6.89. The van der Waals surface area contributed by atoms with Crippen molar-refractivity contribution in [3.63, 3.8) is 0 Å². The van der Waals surface area contributed by atoms with Gasteiger partial charge in [0.15, 0.2) is 0 Å². The van der Waals surface area contributed by atoms with E-state index in [-0.39, 0.29) is 0 Å². The third-order valence-corrected chi connectivity index (χ3v) is 15.9. The monoisotopic (exact) mass is 825 g/mol. The molecule has 0 atom stereocenters.